The van der Waals surface area contributed by atoms with Gasteiger partial charge in [-0.25, -0.2) is 0 Å². The number of hydrogen-bond donors (Lipinski definition) is 0. The van der Waals surface area contributed by atoms with E-state index < -0.39 is 0 Å². The van der Waals surface area contributed by atoms with Crippen molar-refractivity contribution in [2.75, 3.05) is 0 Å². The molecule has 0 atom stereocenters. The Morgan fingerprint density at radius 1 is 0.240 bits per heavy atom. The fourth-order valence-corrected chi connectivity index (χ4v) is 7.78. The molecule has 0 aliphatic carbocycles. The van der Waals surface area contributed by atoms with E-state index >= 15 is 0 Å². The highest BCUT2D eigenvalue weighted by molar-refractivity contribution is 6.26. The quantitative estimate of drug-likeness (QED) is 0.178. The molecule has 0 unspecified atom stereocenters. The van der Waals surface area contributed by atoms with Crippen molar-refractivity contribution in [2.24, 2.45) is 0 Å². The molecule has 2 nitrogen and oxygen atoms in total. The largest absolute Gasteiger partial charge is 0.309 e. The fourth-order valence-electron chi connectivity index (χ4n) is 7.78. The average molecular weight is 637 g/mol. The van der Waals surface area contributed by atoms with Gasteiger partial charge in [0.05, 0.1) is 22.1 Å². The van der Waals surface area contributed by atoms with E-state index in [1.54, 1.807) is 0 Å². The van der Waals surface area contributed by atoms with E-state index in [1.807, 2.05) is 0 Å². The third-order valence-electron chi connectivity index (χ3n) is 10.2. The Kier molecular flexibility index (Phi) is 6.53. The molecule has 0 radical (unpaired) electrons. The van der Waals surface area contributed by atoms with Crippen molar-refractivity contribution < 1.29 is 0 Å². The zero-order chi connectivity index (χ0) is 33.0. The second-order valence-corrected chi connectivity index (χ2v) is 13.0. The summed E-state index contributed by atoms with van der Waals surface area (Å²) in [6.45, 7) is 0. The minimum Gasteiger partial charge on any atom is -0.309 e. The fraction of sp³-hybridized carbons (Fsp3) is 0. The second kappa shape index (κ2) is 11.5. The molecule has 0 saturated heterocycles. The Morgan fingerprint density at radius 2 is 0.640 bits per heavy atom. The van der Waals surface area contributed by atoms with Crippen molar-refractivity contribution >= 4 is 43.6 Å². The molecule has 2 heterocycles. The van der Waals surface area contributed by atoms with Gasteiger partial charge in [-0.3, -0.25) is 0 Å². The van der Waals surface area contributed by atoms with Crippen LogP contribution in [0.2, 0.25) is 0 Å². The molecule has 10 aromatic rings. The van der Waals surface area contributed by atoms with E-state index in [1.165, 1.54) is 77.0 Å². The predicted octanol–water partition coefficient (Wildman–Crippen LogP) is 12.9. The van der Waals surface area contributed by atoms with Gasteiger partial charge in [0.2, 0.25) is 0 Å². The van der Waals surface area contributed by atoms with Gasteiger partial charge in [0.1, 0.15) is 0 Å². The van der Waals surface area contributed by atoms with Crippen LogP contribution in [0.1, 0.15) is 0 Å². The highest BCUT2D eigenvalue weighted by Crippen LogP contribution is 2.42. The smallest absolute Gasteiger partial charge is 0.0641 e. The van der Waals surface area contributed by atoms with Crippen LogP contribution >= 0.6 is 0 Å². The monoisotopic (exact) mass is 636 g/mol. The van der Waals surface area contributed by atoms with Crippen LogP contribution in [-0.4, -0.2) is 9.13 Å². The zero-order valence-electron chi connectivity index (χ0n) is 27.4. The molecule has 0 amide bonds. The van der Waals surface area contributed by atoms with Crippen LogP contribution in [0.3, 0.4) is 0 Å². The van der Waals surface area contributed by atoms with Crippen LogP contribution in [0.4, 0.5) is 0 Å². The Hall–Kier alpha value is -6.64. The molecule has 8 aromatic carbocycles. The lowest BCUT2D eigenvalue weighted by Gasteiger charge is -2.12. The molecule has 0 saturated carbocycles. The van der Waals surface area contributed by atoms with E-state index in [0.717, 1.165) is 11.4 Å². The molecular formula is C48H32N2. The van der Waals surface area contributed by atoms with E-state index in [2.05, 4.69) is 203 Å². The molecule has 0 N–H and O–H groups in total. The first kappa shape index (κ1) is 28.4. The lowest BCUT2D eigenvalue weighted by Crippen LogP contribution is -1.95. The average Bonchev–Trinajstić information content (AvgIpc) is 3.72. The molecule has 50 heavy (non-hydrogen) atoms. The maximum absolute atomic E-state index is 2.46. The summed E-state index contributed by atoms with van der Waals surface area (Å²) in [7, 11) is 0. The first-order valence-electron chi connectivity index (χ1n) is 17.2. The standard InChI is InChI=1S/C48H32N2/c1-3-11-33(12-4-1)35-19-21-36(22-20-35)38-25-29-40(30-26-38)50-44-17-9-7-15-41(44)42-31-32-46-47(48(42)50)43-16-8-10-18-45(43)49(46)39-27-23-37(24-28-39)34-13-5-2-6-14-34/h1-32H. The minimum atomic E-state index is 1.15. The molecule has 0 aliphatic rings. The highest BCUT2D eigenvalue weighted by Gasteiger charge is 2.20. The van der Waals surface area contributed by atoms with Crippen molar-refractivity contribution in [3.8, 4) is 44.8 Å². The molecule has 2 aromatic heterocycles. The molecule has 0 bridgehead atoms. The molecule has 0 aliphatic heterocycles. The molecule has 0 fully saturated rings. The summed E-state index contributed by atoms with van der Waals surface area (Å²) < 4.78 is 4.88. The lowest BCUT2D eigenvalue weighted by atomic mass is 10.0. The number of hydrogen-bond acceptors (Lipinski definition) is 0. The Morgan fingerprint density at radius 3 is 1.18 bits per heavy atom. The summed E-state index contributed by atoms with van der Waals surface area (Å²) in [5.74, 6) is 0. The van der Waals surface area contributed by atoms with Crippen molar-refractivity contribution in [2.45, 2.75) is 0 Å². The van der Waals surface area contributed by atoms with Gasteiger partial charge in [-0.05, 0) is 75.8 Å². The van der Waals surface area contributed by atoms with Gasteiger partial charge < -0.3 is 9.13 Å². The van der Waals surface area contributed by atoms with Gasteiger partial charge in [-0.2, -0.15) is 0 Å². The number of rotatable bonds is 5. The maximum atomic E-state index is 2.46. The summed E-state index contributed by atoms with van der Waals surface area (Å²) in [5, 5.41) is 5.03. The van der Waals surface area contributed by atoms with Crippen molar-refractivity contribution in [3.05, 3.63) is 194 Å². The van der Waals surface area contributed by atoms with Crippen molar-refractivity contribution in [1.29, 1.82) is 0 Å². The van der Waals surface area contributed by atoms with Gasteiger partial charge in [-0.1, -0.05) is 152 Å². The van der Waals surface area contributed by atoms with Crippen LogP contribution in [0, 0.1) is 0 Å². The number of nitrogens with zero attached hydrogens (tertiary/aromatic N) is 2. The minimum absolute atomic E-state index is 1.15. The highest BCUT2D eigenvalue weighted by atomic mass is 15.0. The number of fused-ring (bicyclic) bond motifs is 7. The van der Waals surface area contributed by atoms with E-state index in [4.69, 9.17) is 0 Å². The lowest BCUT2D eigenvalue weighted by molar-refractivity contribution is 1.17. The molecule has 0 spiro atoms. The van der Waals surface area contributed by atoms with E-state index in [0.29, 0.717) is 0 Å². The van der Waals surface area contributed by atoms with Crippen LogP contribution in [0.5, 0.6) is 0 Å². The van der Waals surface area contributed by atoms with Gasteiger partial charge in [-0.15, -0.1) is 0 Å². The predicted molar refractivity (Wildman–Crippen MR) is 211 cm³/mol. The normalized spacial score (nSPS) is 11.6. The summed E-state index contributed by atoms with van der Waals surface area (Å²) in [5.41, 5.74) is 14.5. The first-order chi connectivity index (χ1) is 24.8. The first-order valence-corrected chi connectivity index (χ1v) is 17.2. The summed E-state index contributed by atoms with van der Waals surface area (Å²) in [6, 6.07) is 70.3. The van der Waals surface area contributed by atoms with Crippen molar-refractivity contribution in [1.82, 2.24) is 9.13 Å². The van der Waals surface area contributed by atoms with Gasteiger partial charge in [0, 0.05) is 32.9 Å². The van der Waals surface area contributed by atoms with Crippen LogP contribution in [0.15, 0.2) is 194 Å². The molecule has 2 heteroatoms. The third-order valence-corrected chi connectivity index (χ3v) is 10.2. The van der Waals surface area contributed by atoms with Crippen LogP contribution < -0.4 is 0 Å². The Balaban J connectivity index is 1.15. The van der Waals surface area contributed by atoms with E-state index in [-0.39, 0.29) is 0 Å². The Bertz CT molecular complexity index is 2800. The van der Waals surface area contributed by atoms with Gasteiger partial charge in [0.25, 0.3) is 0 Å². The second-order valence-electron chi connectivity index (χ2n) is 13.0. The summed E-state index contributed by atoms with van der Waals surface area (Å²) >= 11 is 0. The molecule has 10 rings (SSSR count). The maximum Gasteiger partial charge on any atom is 0.0641 e. The zero-order valence-corrected chi connectivity index (χ0v) is 27.4. The third kappa shape index (κ3) is 4.50. The van der Waals surface area contributed by atoms with E-state index in [9.17, 15) is 0 Å². The van der Waals surface area contributed by atoms with Crippen LogP contribution in [0.25, 0.3) is 88.4 Å². The SMILES string of the molecule is c1ccc(-c2ccc(-c3ccc(-n4c5ccccc5c5ccc6c(c7ccccc7n6-c6ccc(-c7ccccc7)cc6)c54)cc3)cc2)cc1. The summed E-state index contributed by atoms with van der Waals surface area (Å²) in [4.78, 5) is 0. The molecule has 234 valence electrons. The van der Waals surface area contributed by atoms with Gasteiger partial charge >= 0.3 is 0 Å². The van der Waals surface area contributed by atoms with Crippen molar-refractivity contribution in [3.63, 3.8) is 0 Å². The number of benzene rings is 8. The number of para-hydroxylation sites is 2. The van der Waals surface area contributed by atoms with Gasteiger partial charge in [0.15, 0.2) is 0 Å². The molecular weight excluding hydrogens is 605 g/mol. The Labute approximate surface area is 290 Å². The van der Waals surface area contributed by atoms with Crippen LogP contribution in [-0.2, 0) is 0 Å². The topological polar surface area (TPSA) is 9.86 Å². The number of aromatic nitrogens is 2. The summed E-state index contributed by atoms with van der Waals surface area (Å²) in [6.07, 6.45) is 0.